The van der Waals surface area contributed by atoms with Crippen LogP contribution in [0, 0.1) is 0 Å². The van der Waals surface area contributed by atoms with Crippen LogP contribution in [0.25, 0.3) is 0 Å². The van der Waals surface area contributed by atoms with Gasteiger partial charge >= 0.3 is 0 Å². The Morgan fingerprint density at radius 2 is 1.81 bits per heavy atom. The Kier molecular flexibility index (Phi) is 9.26. The molecule has 0 spiro atoms. The smallest absolute Gasteiger partial charge is 0.0900 e. The van der Waals surface area contributed by atoms with Gasteiger partial charge < -0.3 is 14.9 Å². The summed E-state index contributed by atoms with van der Waals surface area (Å²) in [6.45, 7) is 6.37. The SMILES string of the molecule is CCC(CC)N(CCO)CC(O)COCc1ccccc1. The zero-order chi connectivity index (χ0) is 15.5. The van der Waals surface area contributed by atoms with E-state index in [4.69, 9.17) is 9.84 Å². The Morgan fingerprint density at radius 1 is 1.14 bits per heavy atom. The highest BCUT2D eigenvalue weighted by Crippen LogP contribution is 2.09. The molecular weight excluding hydrogens is 266 g/mol. The number of ether oxygens (including phenoxy) is 1. The molecule has 1 aromatic rings. The Hall–Kier alpha value is -0.940. The lowest BCUT2D eigenvalue weighted by Gasteiger charge is -2.31. The van der Waals surface area contributed by atoms with E-state index in [1.54, 1.807) is 0 Å². The Bertz CT molecular complexity index is 354. The second-order valence-corrected chi connectivity index (χ2v) is 5.34. The molecule has 0 saturated heterocycles. The van der Waals surface area contributed by atoms with Crippen LogP contribution in [0.2, 0.25) is 0 Å². The minimum absolute atomic E-state index is 0.119. The summed E-state index contributed by atoms with van der Waals surface area (Å²) in [7, 11) is 0. The average Bonchev–Trinajstić information content (AvgIpc) is 2.49. The monoisotopic (exact) mass is 295 g/mol. The summed E-state index contributed by atoms with van der Waals surface area (Å²) in [5.41, 5.74) is 1.11. The summed E-state index contributed by atoms with van der Waals surface area (Å²) in [5, 5.41) is 19.3. The maximum atomic E-state index is 10.1. The van der Waals surface area contributed by atoms with Crippen molar-refractivity contribution >= 4 is 0 Å². The third-order valence-corrected chi connectivity index (χ3v) is 3.71. The first kappa shape index (κ1) is 18.1. The molecule has 0 aliphatic carbocycles. The molecule has 120 valence electrons. The van der Waals surface area contributed by atoms with E-state index in [0.717, 1.165) is 18.4 Å². The van der Waals surface area contributed by atoms with E-state index in [0.29, 0.717) is 32.3 Å². The molecule has 0 saturated carbocycles. The molecule has 0 bridgehead atoms. The molecule has 1 unspecified atom stereocenters. The second-order valence-electron chi connectivity index (χ2n) is 5.34. The first-order valence-corrected chi connectivity index (χ1v) is 7.85. The number of rotatable bonds is 11. The molecule has 4 nitrogen and oxygen atoms in total. The van der Waals surface area contributed by atoms with Crippen molar-refractivity contribution < 1.29 is 14.9 Å². The number of aliphatic hydroxyl groups excluding tert-OH is 2. The van der Waals surface area contributed by atoms with Crippen molar-refractivity contribution in [1.29, 1.82) is 0 Å². The molecule has 1 aromatic carbocycles. The molecule has 0 aromatic heterocycles. The van der Waals surface area contributed by atoms with Gasteiger partial charge in [0.1, 0.15) is 0 Å². The van der Waals surface area contributed by atoms with Crippen LogP contribution in [0.15, 0.2) is 30.3 Å². The van der Waals surface area contributed by atoms with Crippen molar-refractivity contribution in [3.63, 3.8) is 0 Å². The van der Waals surface area contributed by atoms with E-state index in [2.05, 4.69) is 18.7 Å². The van der Waals surface area contributed by atoms with Crippen LogP contribution in [-0.4, -0.2) is 53.6 Å². The predicted octanol–water partition coefficient (Wildman–Crippen LogP) is 2.05. The van der Waals surface area contributed by atoms with Crippen molar-refractivity contribution in [2.24, 2.45) is 0 Å². The lowest BCUT2D eigenvalue weighted by Crippen LogP contribution is -2.43. The fourth-order valence-corrected chi connectivity index (χ4v) is 2.57. The minimum Gasteiger partial charge on any atom is -0.395 e. The van der Waals surface area contributed by atoms with E-state index in [1.165, 1.54) is 0 Å². The summed E-state index contributed by atoms with van der Waals surface area (Å²) in [4.78, 5) is 2.15. The molecule has 0 aliphatic rings. The standard InChI is InChI=1S/C17H29NO3/c1-3-16(4-2)18(10-11-19)12-17(20)14-21-13-15-8-6-5-7-9-15/h5-9,16-17,19-20H,3-4,10-14H2,1-2H3. The van der Waals surface area contributed by atoms with Crippen LogP contribution in [0.4, 0.5) is 0 Å². The summed E-state index contributed by atoms with van der Waals surface area (Å²) in [6, 6.07) is 10.3. The highest BCUT2D eigenvalue weighted by molar-refractivity contribution is 5.13. The van der Waals surface area contributed by atoms with Gasteiger partial charge in [0.2, 0.25) is 0 Å². The lowest BCUT2D eigenvalue weighted by atomic mass is 10.1. The largest absolute Gasteiger partial charge is 0.395 e. The van der Waals surface area contributed by atoms with Gasteiger partial charge in [-0.05, 0) is 18.4 Å². The molecule has 21 heavy (non-hydrogen) atoms. The summed E-state index contributed by atoms with van der Waals surface area (Å²) in [5.74, 6) is 0. The quantitative estimate of drug-likeness (QED) is 0.656. The summed E-state index contributed by atoms with van der Waals surface area (Å²) >= 11 is 0. The Morgan fingerprint density at radius 3 is 2.38 bits per heavy atom. The Labute approximate surface area is 128 Å². The van der Waals surface area contributed by atoms with E-state index < -0.39 is 6.10 Å². The van der Waals surface area contributed by atoms with Gasteiger partial charge in [-0.3, -0.25) is 4.90 Å². The van der Waals surface area contributed by atoms with Crippen LogP contribution >= 0.6 is 0 Å². The Balaban J connectivity index is 2.34. The average molecular weight is 295 g/mol. The third-order valence-electron chi connectivity index (χ3n) is 3.71. The molecule has 1 atom stereocenters. The molecule has 2 N–H and O–H groups in total. The molecule has 0 heterocycles. The number of hydrogen-bond donors (Lipinski definition) is 2. The molecule has 0 aliphatic heterocycles. The van der Waals surface area contributed by atoms with Crippen LogP contribution in [0.1, 0.15) is 32.3 Å². The van der Waals surface area contributed by atoms with Gasteiger partial charge in [0.25, 0.3) is 0 Å². The van der Waals surface area contributed by atoms with Crippen LogP contribution in [-0.2, 0) is 11.3 Å². The van der Waals surface area contributed by atoms with Gasteiger partial charge in [0.05, 0.1) is 25.9 Å². The second kappa shape index (κ2) is 10.7. The topological polar surface area (TPSA) is 52.9 Å². The molecule has 0 amide bonds. The van der Waals surface area contributed by atoms with Crippen molar-refractivity contribution in [3.05, 3.63) is 35.9 Å². The number of benzene rings is 1. The van der Waals surface area contributed by atoms with Gasteiger partial charge in [-0.1, -0.05) is 44.2 Å². The normalized spacial score (nSPS) is 13.0. The number of nitrogens with zero attached hydrogens (tertiary/aromatic N) is 1. The summed E-state index contributed by atoms with van der Waals surface area (Å²) in [6.07, 6.45) is 1.52. The van der Waals surface area contributed by atoms with E-state index in [9.17, 15) is 5.11 Å². The van der Waals surface area contributed by atoms with Crippen molar-refractivity contribution in [1.82, 2.24) is 4.90 Å². The molecule has 0 radical (unpaired) electrons. The first-order valence-electron chi connectivity index (χ1n) is 7.85. The molecule has 4 heteroatoms. The van der Waals surface area contributed by atoms with Crippen molar-refractivity contribution in [2.45, 2.75) is 45.4 Å². The van der Waals surface area contributed by atoms with Crippen LogP contribution < -0.4 is 0 Å². The van der Waals surface area contributed by atoms with E-state index >= 15 is 0 Å². The highest BCUT2D eigenvalue weighted by Gasteiger charge is 2.18. The fraction of sp³-hybridized carbons (Fsp3) is 0.647. The number of aliphatic hydroxyl groups is 2. The first-order chi connectivity index (χ1) is 10.2. The van der Waals surface area contributed by atoms with Crippen LogP contribution in [0.3, 0.4) is 0 Å². The van der Waals surface area contributed by atoms with Gasteiger partial charge in [-0.15, -0.1) is 0 Å². The third kappa shape index (κ3) is 7.05. The molecular formula is C17H29NO3. The maximum absolute atomic E-state index is 10.1. The molecule has 1 rings (SSSR count). The van der Waals surface area contributed by atoms with E-state index in [-0.39, 0.29) is 6.61 Å². The zero-order valence-electron chi connectivity index (χ0n) is 13.2. The fourth-order valence-electron chi connectivity index (χ4n) is 2.57. The lowest BCUT2D eigenvalue weighted by molar-refractivity contribution is -0.00165. The van der Waals surface area contributed by atoms with Crippen LogP contribution in [0.5, 0.6) is 0 Å². The van der Waals surface area contributed by atoms with Gasteiger partial charge in [0, 0.05) is 19.1 Å². The minimum atomic E-state index is -0.527. The number of hydrogen-bond acceptors (Lipinski definition) is 4. The van der Waals surface area contributed by atoms with Gasteiger partial charge in [-0.2, -0.15) is 0 Å². The highest BCUT2D eigenvalue weighted by atomic mass is 16.5. The molecule has 0 fully saturated rings. The van der Waals surface area contributed by atoms with Crippen molar-refractivity contribution in [2.75, 3.05) is 26.3 Å². The van der Waals surface area contributed by atoms with Gasteiger partial charge in [-0.25, -0.2) is 0 Å². The van der Waals surface area contributed by atoms with Gasteiger partial charge in [0.15, 0.2) is 0 Å². The zero-order valence-corrected chi connectivity index (χ0v) is 13.2. The van der Waals surface area contributed by atoms with Crippen molar-refractivity contribution in [3.8, 4) is 0 Å². The van der Waals surface area contributed by atoms with E-state index in [1.807, 2.05) is 30.3 Å². The predicted molar refractivity (Wildman–Crippen MR) is 85.1 cm³/mol. The summed E-state index contributed by atoms with van der Waals surface area (Å²) < 4.78 is 5.57. The maximum Gasteiger partial charge on any atom is 0.0900 e.